The van der Waals surface area contributed by atoms with E-state index in [2.05, 4.69) is 0 Å². The molecule has 1 aliphatic heterocycles. The number of methoxy groups -OCH3 is 1. The second-order valence-corrected chi connectivity index (χ2v) is 13.1. The summed E-state index contributed by atoms with van der Waals surface area (Å²) < 4.78 is 46.0. The molecule has 4 aromatic carbocycles. The Morgan fingerprint density at radius 1 is 0.900 bits per heavy atom. The van der Waals surface area contributed by atoms with Crippen LogP contribution < -0.4 is 10.0 Å². The Labute approximate surface area is 237 Å². The first-order chi connectivity index (χ1) is 19.2. The number of hydrogen-bond donors (Lipinski definition) is 1. The van der Waals surface area contributed by atoms with Crippen LogP contribution in [0.3, 0.4) is 0 Å². The van der Waals surface area contributed by atoms with Crippen LogP contribution in [0.1, 0.15) is 34.7 Å². The van der Waals surface area contributed by atoms with Gasteiger partial charge < -0.3 is 18.9 Å². The zero-order valence-electron chi connectivity index (χ0n) is 23.4. The Hall–Kier alpha value is -2.84. The van der Waals surface area contributed by atoms with Gasteiger partial charge in [-0.25, -0.2) is 8.42 Å². The van der Waals surface area contributed by atoms with Gasteiger partial charge >= 0.3 is 0 Å². The van der Waals surface area contributed by atoms with Crippen molar-refractivity contribution in [3.8, 4) is 16.9 Å². The smallest absolute Gasteiger partial charge is 0.243 e. The Morgan fingerprint density at radius 2 is 1.57 bits per heavy atom. The minimum Gasteiger partial charge on any atom is -0.467 e. The van der Waals surface area contributed by atoms with Gasteiger partial charge in [0.25, 0.3) is 0 Å². The number of aryl methyl sites for hydroxylation is 1. The molecule has 1 atom stereocenters. The summed E-state index contributed by atoms with van der Waals surface area (Å²) in [5, 5.41) is 2.66. The maximum atomic E-state index is 13.7. The fourth-order valence-electron chi connectivity index (χ4n) is 5.46. The van der Waals surface area contributed by atoms with Gasteiger partial charge in [-0.3, -0.25) is 0 Å². The normalized spacial score (nSPS) is 14.4. The first-order valence-corrected chi connectivity index (χ1v) is 15.8. The van der Waals surface area contributed by atoms with Crippen molar-refractivity contribution >= 4 is 34.5 Å². The molecule has 5 rings (SSSR count). The van der Waals surface area contributed by atoms with Crippen molar-refractivity contribution in [1.29, 1.82) is 0 Å². The summed E-state index contributed by atoms with van der Waals surface area (Å²) in [4.78, 5) is 11.7. The summed E-state index contributed by atoms with van der Waals surface area (Å²) in [7, 11) is -4.15. The van der Waals surface area contributed by atoms with Crippen molar-refractivity contribution in [1.82, 2.24) is 4.31 Å². The van der Waals surface area contributed by atoms with E-state index in [1.54, 1.807) is 19.2 Å². The van der Waals surface area contributed by atoms with E-state index in [0.717, 1.165) is 49.7 Å². The van der Waals surface area contributed by atoms with Gasteiger partial charge in [-0.05, 0) is 78.9 Å². The average molecular weight is 580 g/mol. The average Bonchev–Trinajstić information content (AvgIpc) is 3.41. The molecule has 0 saturated heterocycles. The topological polar surface area (TPSA) is 85.3 Å². The van der Waals surface area contributed by atoms with Gasteiger partial charge in [-0.15, -0.1) is 0 Å². The lowest BCUT2D eigenvalue weighted by Gasteiger charge is -2.25. The molecule has 210 valence electrons. The van der Waals surface area contributed by atoms with Crippen LogP contribution >= 0.6 is 8.38 Å². The van der Waals surface area contributed by atoms with Crippen molar-refractivity contribution in [3.63, 3.8) is 0 Å². The largest absolute Gasteiger partial charge is 0.467 e. The lowest BCUT2D eigenvalue weighted by molar-refractivity contribution is 0.0516. The third-order valence-electron chi connectivity index (χ3n) is 7.48. The molecule has 1 N–H and O–H groups in total. The van der Waals surface area contributed by atoms with E-state index < -0.39 is 18.4 Å². The van der Waals surface area contributed by atoms with Crippen LogP contribution in [0.25, 0.3) is 21.9 Å². The Bertz CT molecular complexity index is 1670. The molecule has 0 aliphatic carbocycles. The Morgan fingerprint density at radius 3 is 2.25 bits per heavy atom. The molecule has 40 heavy (non-hydrogen) atoms. The van der Waals surface area contributed by atoms with Crippen molar-refractivity contribution in [3.05, 3.63) is 88.5 Å². The molecule has 0 spiro atoms. The molecular weight excluding hydrogens is 545 g/mol. The molecule has 1 unspecified atom stereocenters. The maximum Gasteiger partial charge on any atom is 0.243 e. The summed E-state index contributed by atoms with van der Waals surface area (Å²) in [6, 6.07) is 18.9. The highest BCUT2D eigenvalue weighted by atomic mass is 32.2. The second kappa shape index (κ2) is 11.6. The standard InChI is InChI=1S/C31H34NO6PS/c1-6-38-39(33)31-22(4)27-18-32(40(34,35)24-14-11-20(2)12-15-24)17-26(27)21(3)29(31)30-25-10-8-7-9-23(25)13-16-28(30)37-19-36-5/h7-16,33H,6,17-19H2,1-5H3. The summed E-state index contributed by atoms with van der Waals surface area (Å²) >= 11 is 0. The first-order valence-electron chi connectivity index (χ1n) is 13.2. The van der Waals surface area contributed by atoms with E-state index in [0.29, 0.717) is 17.7 Å². The highest BCUT2D eigenvalue weighted by Crippen LogP contribution is 2.47. The predicted octanol–water partition coefficient (Wildman–Crippen LogP) is 6.09. The minimum atomic E-state index is -3.73. The van der Waals surface area contributed by atoms with E-state index in [4.69, 9.17) is 14.0 Å². The van der Waals surface area contributed by atoms with E-state index in [-0.39, 0.29) is 24.8 Å². The molecule has 0 fully saturated rings. The molecular formula is C31H34NO6PS. The molecule has 0 aromatic heterocycles. The van der Waals surface area contributed by atoms with Crippen LogP contribution in [0.4, 0.5) is 0 Å². The lowest BCUT2D eigenvalue weighted by Crippen LogP contribution is -2.25. The fourth-order valence-corrected chi connectivity index (χ4v) is 8.10. The molecule has 1 aliphatic rings. The maximum absolute atomic E-state index is 13.7. The molecule has 7 nitrogen and oxygen atoms in total. The van der Waals surface area contributed by atoms with E-state index in [1.807, 2.05) is 76.2 Å². The van der Waals surface area contributed by atoms with Crippen LogP contribution in [-0.2, 0) is 32.4 Å². The lowest BCUT2D eigenvalue weighted by atomic mass is 9.88. The van der Waals surface area contributed by atoms with Crippen molar-refractivity contribution < 1.29 is 27.3 Å². The summed E-state index contributed by atoms with van der Waals surface area (Å²) in [6.45, 7) is 8.59. The van der Waals surface area contributed by atoms with Gasteiger partial charge in [-0.2, -0.15) is 4.31 Å². The third kappa shape index (κ3) is 5.05. The molecule has 0 bridgehead atoms. The van der Waals surface area contributed by atoms with E-state index >= 15 is 0 Å². The summed E-state index contributed by atoms with van der Waals surface area (Å²) in [6.07, 6.45) is 0. The number of fused-ring (bicyclic) bond motifs is 2. The zero-order valence-corrected chi connectivity index (χ0v) is 25.1. The van der Waals surface area contributed by atoms with Crippen LogP contribution in [0, 0.1) is 20.8 Å². The fraction of sp³-hybridized carbons (Fsp3) is 0.290. The second-order valence-electron chi connectivity index (χ2n) is 9.92. The Balaban J connectivity index is 1.75. The molecule has 9 heteroatoms. The highest BCUT2D eigenvalue weighted by molar-refractivity contribution is 7.89. The van der Waals surface area contributed by atoms with Gasteiger partial charge in [0.2, 0.25) is 18.4 Å². The quantitative estimate of drug-likeness (QED) is 0.191. The van der Waals surface area contributed by atoms with Gasteiger partial charge in [0, 0.05) is 36.6 Å². The van der Waals surface area contributed by atoms with Crippen LogP contribution in [0.5, 0.6) is 5.75 Å². The molecule has 0 saturated carbocycles. The number of nitrogens with zero attached hydrogens (tertiary/aromatic N) is 1. The predicted molar refractivity (Wildman–Crippen MR) is 159 cm³/mol. The number of benzene rings is 4. The van der Waals surface area contributed by atoms with Crippen LogP contribution in [-0.4, -0.2) is 38.1 Å². The number of hydrogen-bond acceptors (Lipinski definition) is 6. The zero-order chi connectivity index (χ0) is 28.6. The molecule has 1 heterocycles. The molecule has 0 radical (unpaired) electrons. The van der Waals surface area contributed by atoms with E-state index in [9.17, 15) is 13.3 Å². The highest BCUT2D eigenvalue weighted by Gasteiger charge is 2.36. The SMILES string of the molecule is CCOP(O)c1c(C)c2c(c(C)c1-c1c(OCOC)ccc3ccccc13)CN(S(=O)(=O)c1ccc(C)cc1)C2. The van der Waals surface area contributed by atoms with Crippen molar-refractivity contribution in [2.75, 3.05) is 20.5 Å². The minimum absolute atomic E-state index is 0.0611. The van der Waals surface area contributed by atoms with Gasteiger partial charge in [0.15, 0.2) is 6.79 Å². The molecule has 4 aromatic rings. The van der Waals surface area contributed by atoms with E-state index in [1.165, 1.54) is 4.31 Å². The third-order valence-corrected chi connectivity index (χ3v) is 10.7. The van der Waals surface area contributed by atoms with Crippen LogP contribution in [0.2, 0.25) is 0 Å². The van der Waals surface area contributed by atoms with Crippen molar-refractivity contribution in [2.24, 2.45) is 0 Å². The monoisotopic (exact) mass is 579 g/mol. The van der Waals surface area contributed by atoms with Gasteiger partial charge in [0.1, 0.15) is 5.75 Å². The Kier molecular flexibility index (Phi) is 8.30. The number of ether oxygens (including phenoxy) is 2. The van der Waals surface area contributed by atoms with Gasteiger partial charge in [-0.1, -0.05) is 48.0 Å². The first kappa shape index (κ1) is 28.7. The van der Waals surface area contributed by atoms with Crippen LogP contribution in [0.15, 0.2) is 65.6 Å². The number of rotatable bonds is 9. The summed E-state index contributed by atoms with van der Waals surface area (Å²) in [5.41, 5.74) is 6.23. The van der Waals surface area contributed by atoms with Gasteiger partial charge in [0.05, 0.1) is 11.5 Å². The van der Waals surface area contributed by atoms with Crippen molar-refractivity contribution in [2.45, 2.75) is 45.7 Å². The molecule has 0 amide bonds. The summed E-state index contributed by atoms with van der Waals surface area (Å²) in [5.74, 6) is 0.617. The number of sulfonamides is 1.